The van der Waals surface area contributed by atoms with E-state index in [1.165, 1.54) is 0 Å². The van der Waals surface area contributed by atoms with Gasteiger partial charge in [0.05, 0.1) is 18.7 Å². The quantitative estimate of drug-likeness (QED) is 0.757. The topological polar surface area (TPSA) is 38.3 Å². The van der Waals surface area contributed by atoms with Crippen molar-refractivity contribution in [3.05, 3.63) is 62.0 Å². The molecule has 0 heterocycles. The second kappa shape index (κ2) is 7.36. The molecule has 1 N–H and O–H groups in total. The van der Waals surface area contributed by atoms with Gasteiger partial charge in [-0.05, 0) is 58.7 Å². The highest BCUT2D eigenvalue weighted by Gasteiger charge is 2.16. The Morgan fingerprint density at radius 3 is 2.59 bits per heavy atom. The Morgan fingerprint density at radius 2 is 1.95 bits per heavy atom. The minimum Gasteiger partial charge on any atom is -0.497 e. The summed E-state index contributed by atoms with van der Waals surface area (Å²) in [5, 5.41) is 3.99. The van der Waals surface area contributed by atoms with Gasteiger partial charge < -0.3 is 10.1 Å². The van der Waals surface area contributed by atoms with Crippen LogP contribution in [0.4, 0.5) is 0 Å². The lowest BCUT2D eigenvalue weighted by molar-refractivity contribution is 0.0939. The van der Waals surface area contributed by atoms with E-state index in [0.717, 1.165) is 5.56 Å². The van der Waals surface area contributed by atoms with Gasteiger partial charge in [0.25, 0.3) is 5.91 Å². The van der Waals surface area contributed by atoms with Gasteiger partial charge in [0.1, 0.15) is 5.75 Å². The lowest BCUT2D eigenvalue weighted by Crippen LogP contribution is -2.27. The summed E-state index contributed by atoms with van der Waals surface area (Å²) in [6.45, 7) is 1.86. The number of benzene rings is 2. The Labute approximate surface area is 147 Å². The molecular weight excluding hydrogens is 389 g/mol. The number of methoxy groups -OCH3 is 1. The fourth-order valence-electron chi connectivity index (χ4n) is 2.01. The molecule has 0 saturated carbocycles. The maximum Gasteiger partial charge on any atom is 0.253 e. The van der Waals surface area contributed by atoms with Crippen LogP contribution in [0, 0.1) is 0 Å². The molecule has 2 rings (SSSR count). The Hall–Kier alpha value is -1.23. The molecule has 2 aromatic rings. The maximum atomic E-state index is 12.4. The van der Waals surface area contributed by atoms with Crippen LogP contribution in [0.2, 0.25) is 10.0 Å². The van der Waals surface area contributed by atoms with E-state index in [0.29, 0.717) is 25.8 Å². The van der Waals surface area contributed by atoms with E-state index < -0.39 is 0 Å². The molecule has 1 atom stereocenters. The molecule has 0 aliphatic carbocycles. The molecule has 0 spiro atoms. The molecule has 6 heteroatoms. The highest BCUT2D eigenvalue weighted by molar-refractivity contribution is 9.10. The molecule has 22 heavy (non-hydrogen) atoms. The summed E-state index contributed by atoms with van der Waals surface area (Å²) in [4.78, 5) is 12.4. The molecule has 0 aromatic heterocycles. The first-order valence-corrected chi connectivity index (χ1v) is 8.06. The third-order valence-electron chi connectivity index (χ3n) is 3.19. The van der Waals surface area contributed by atoms with Gasteiger partial charge in [0.15, 0.2) is 0 Å². The van der Waals surface area contributed by atoms with Crippen LogP contribution >= 0.6 is 39.1 Å². The third kappa shape index (κ3) is 3.94. The zero-order valence-corrected chi connectivity index (χ0v) is 15.1. The van der Waals surface area contributed by atoms with Crippen LogP contribution in [0.3, 0.4) is 0 Å². The second-order valence-corrected chi connectivity index (χ2v) is 6.40. The van der Waals surface area contributed by atoms with Crippen molar-refractivity contribution in [2.45, 2.75) is 13.0 Å². The van der Waals surface area contributed by atoms with E-state index in [-0.39, 0.29) is 11.9 Å². The summed E-state index contributed by atoms with van der Waals surface area (Å²) in [6, 6.07) is 10.2. The maximum absolute atomic E-state index is 12.4. The fraction of sp³-hybridized carbons (Fsp3) is 0.188. The van der Waals surface area contributed by atoms with Crippen molar-refractivity contribution < 1.29 is 9.53 Å². The van der Waals surface area contributed by atoms with E-state index in [4.69, 9.17) is 27.9 Å². The number of ether oxygens (including phenoxy) is 1. The summed E-state index contributed by atoms with van der Waals surface area (Å²) < 4.78 is 5.84. The Kier molecular flexibility index (Phi) is 5.73. The lowest BCUT2D eigenvalue weighted by atomic mass is 10.1. The van der Waals surface area contributed by atoms with E-state index in [1.807, 2.05) is 6.92 Å². The average molecular weight is 403 g/mol. The first-order chi connectivity index (χ1) is 10.4. The van der Waals surface area contributed by atoms with Gasteiger partial charge in [-0.25, -0.2) is 0 Å². The number of carbonyl (C=O) groups is 1. The van der Waals surface area contributed by atoms with Gasteiger partial charge in [-0.15, -0.1) is 0 Å². The molecular formula is C16H14BrCl2NO2. The van der Waals surface area contributed by atoms with E-state index in [9.17, 15) is 4.79 Å². The predicted octanol–water partition coefficient (Wildman–Crippen LogP) is 5.26. The van der Waals surface area contributed by atoms with Gasteiger partial charge in [-0.1, -0.05) is 29.3 Å². The van der Waals surface area contributed by atoms with Crippen molar-refractivity contribution in [1.29, 1.82) is 0 Å². The molecule has 0 aliphatic rings. The monoisotopic (exact) mass is 401 g/mol. The van der Waals surface area contributed by atoms with Crippen molar-refractivity contribution in [2.24, 2.45) is 0 Å². The molecule has 116 valence electrons. The number of carbonyl (C=O) groups excluding carboxylic acids is 1. The number of halogens is 3. The van der Waals surface area contributed by atoms with E-state index >= 15 is 0 Å². The van der Waals surface area contributed by atoms with Crippen LogP contribution in [0.25, 0.3) is 0 Å². The van der Waals surface area contributed by atoms with Crippen LogP contribution in [-0.4, -0.2) is 13.0 Å². The van der Waals surface area contributed by atoms with Gasteiger partial charge >= 0.3 is 0 Å². The van der Waals surface area contributed by atoms with Crippen molar-refractivity contribution >= 4 is 45.0 Å². The summed E-state index contributed by atoms with van der Waals surface area (Å²) >= 11 is 15.4. The minimum atomic E-state index is -0.254. The standard InChI is InChI=1S/C16H14BrCl2NO2/c1-9(12-5-3-10(18)7-15(12)19)20-16(21)13-8-11(22-2)4-6-14(13)17/h3-9H,1-2H3,(H,20,21)/t9-/m0/s1. The normalized spacial score (nSPS) is 11.9. The van der Waals surface area contributed by atoms with Crippen LogP contribution in [-0.2, 0) is 0 Å². The van der Waals surface area contributed by atoms with Gasteiger partial charge in [0, 0.05) is 14.5 Å². The summed E-state index contributed by atoms with van der Waals surface area (Å²) in [6.07, 6.45) is 0. The SMILES string of the molecule is COc1ccc(Br)c(C(=O)N[C@@H](C)c2ccc(Cl)cc2Cl)c1. The van der Waals surface area contributed by atoms with Crippen molar-refractivity contribution in [1.82, 2.24) is 5.32 Å². The van der Waals surface area contributed by atoms with Gasteiger partial charge in [-0.2, -0.15) is 0 Å². The third-order valence-corrected chi connectivity index (χ3v) is 4.45. The van der Waals surface area contributed by atoms with Gasteiger partial charge in [0.2, 0.25) is 0 Å². The van der Waals surface area contributed by atoms with Crippen molar-refractivity contribution in [3.8, 4) is 5.75 Å². The average Bonchev–Trinajstić information content (AvgIpc) is 2.47. The van der Waals surface area contributed by atoms with E-state index in [1.54, 1.807) is 43.5 Å². The number of hydrogen-bond acceptors (Lipinski definition) is 2. The van der Waals surface area contributed by atoms with Crippen LogP contribution < -0.4 is 10.1 Å². The predicted molar refractivity (Wildman–Crippen MR) is 93.0 cm³/mol. The van der Waals surface area contributed by atoms with Crippen molar-refractivity contribution in [2.75, 3.05) is 7.11 Å². The molecule has 0 fully saturated rings. The largest absolute Gasteiger partial charge is 0.497 e. The van der Waals surface area contributed by atoms with Gasteiger partial charge in [-0.3, -0.25) is 4.79 Å². The van der Waals surface area contributed by atoms with Crippen LogP contribution in [0.5, 0.6) is 5.75 Å². The molecule has 2 aromatic carbocycles. The molecule has 0 unspecified atom stereocenters. The number of hydrogen-bond donors (Lipinski definition) is 1. The molecule has 0 aliphatic heterocycles. The molecule has 3 nitrogen and oxygen atoms in total. The lowest BCUT2D eigenvalue weighted by Gasteiger charge is -2.17. The highest BCUT2D eigenvalue weighted by Crippen LogP contribution is 2.27. The molecule has 0 radical (unpaired) electrons. The van der Waals surface area contributed by atoms with Crippen LogP contribution in [0.15, 0.2) is 40.9 Å². The zero-order valence-electron chi connectivity index (χ0n) is 12.0. The first-order valence-electron chi connectivity index (χ1n) is 6.51. The van der Waals surface area contributed by atoms with E-state index in [2.05, 4.69) is 21.2 Å². The van der Waals surface area contributed by atoms with Crippen molar-refractivity contribution in [3.63, 3.8) is 0 Å². The summed E-state index contributed by atoms with van der Waals surface area (Å²) in [5.74, 6) is 0.398. The Bertz CT molecular complexity index is 707. The Balaban J connectivity index is 2.21. The second-order valence-electron chi connectivity index (χ2n) is 4.71. The first kappa shape index (κ1) is 17.1. The van der Waals surface area contributed by atoms with Crippen LogP contribution in [0.1, 0.15) is 28.9 Å². The number of rotatable bonds is 4. The number of amides is 1. The highest BCUT2D eigenvalue weighted by atomic mass is 79.9. The smallest absolute Gasteiger partial charge is 0.253 e. The fourth-order valence-corrected chi connectivity index (χ4v) is 3.01. The summed E-state index contributed by atoms with van der Waals surface area (Å²) in [5.41, 5.74) is 1.30. The molecule has 1 amide bonds. The Morgan fingerprint density at radius 1 is 1.23 bits per heavy atom. The number of nitrogens with one attached hydrogen (secondary N) is 1. The molecule has 0 saturated heterocycles. The zero-order chi connectivity index (χ0) is 16.3. The molecule has 0 bridgehead atoms. The minimum absolute atomic E-state index is 0.218. The summed E-state index contributed by atoms with van der Waals surface area (Å²) in [7, 11) is 1.56.